The van der Waals surface area contributed by atoms with E-state index < -0.39 is 0 Å². The molecule has 0 atom stereocenters. The van der Waals surface area contributed by atoms with E-state index in [2.05, 4.69) is 0 Å². The lowest BCUT2D eigenvalue weighted by Crippen LogP contribution is -1.89. The molecule has 0 aromatic heterocycles. The molecule has 12 heavy (non-hydrogen) atoms. The molecule has 1 aromatic carbocycles. The van der Waals surface area contributed by atoms with E-state index in [-0.39, 0.29) is 6.61 Å². The highest BCUT2D eigenvalue weighted by atomic mass is 16.2. The predicted molar refractivity (Wildman–Crippen MR) is 51.7 cm³/mol. The van der Waals surface area contributed by atoms with Crippen LogP contribution in [0.15, 0.2) is 24.3 Å². The standard InChI is InChI=1S/C10H13NO/c1-8-4-5-10(11)9(7-8)3-2-6-12/h2-5,7,12H,6,11H2,1H3. The van der Waals surface area contributed by atoms with Gasteiger partial charge >= 0.3 is 0 Å². The number of hydrogen-bond acceptors (Lipinski definition) is 2. The molecule has 0 aliphatic carbocycles. The average Bonchev–Trinajstić information content (AvgIpc) is 2.07. The van der Waals surface area contributed by atoms with Crippen molar-refractivity contribution in [2.24, 2.45) is 0 Å². The minimum absolute atomic E-state index is 0.0490. The van der Waals surface area contributed by atoms with Crippen LogP contribution in [0.5, 0.6) is 0 Å². The Morgan fingerprint density at radius 2 is 2.25 bits per heavy atom. The van der Waals surface area contributed by atoms with Crippen LogP contribution in [0.1, 0.15) is 11.1 Å². The van der Waals surface area contributed by atoms with Crippen LogP contribution in [0.25, 0.3) is 6.08 Å². The van der Waals surface area contributed by atoms with Crippen molar-refractivity contribution >= 4 is 11.8 Å². The largest absolute Gasteiger partial charge is 0.398 e. The Morgan fingerprint density at radius 1 is 1.50 bits per heavy atom. The molecule has 1 aromatic rings. The zero-order chi connectivity index (χ0) is 8.97. The third-order valence-corrected chi connectivity index (χ3v) is 1.65. The minimum atomic E-state index is 0.0490. The number of hydrogen-bond donors (Lipinski definition) is 2. The SMILES string of the molecule is Cc1ccc(N)c(C=CCO)c1. The van der Waals surface area contributed by atoms with Crippen molar-refractivity contribution in [1.82, 2.24) is 0 Å². The van der Waals surface area contributed by atoms with Crippen LogP contribution in [-0.2, 0) is 0 Å². The smallest absolute Gasteiger partial charge is 0.0615 e. The molecule has 0 radical (unpaired) electrons. The topological polar surface area (TPSA) is 46.2 Å². The lowest BCUT2D eigenvalue weighted by atomic mass is 10.1. The maximum atomic E-state index is 8.56. The number of rotatable bonds is 2. The average molecular weight is 163 g/mol. The number of aliphatic hydroxyl groups is 1. The Hall–Kier alpha value is -1.28. The quantitative estimate of drug-likeness (QED) is 0.650. The first-order valence-electron chi connectivity index (χ1n) is 3.87. The molecule has 0 saturated carbocycles. The van der Waals surface area contributed by atoms with Crippen molar-refractivity contribution in [2.45, 2.75) is 6.92 Å². The summed E-state index contributed by atoms with van der Waals surface area (Å²) < 4.78 is 0. The number of anilines is 1. The minimum Gasteiger partial charge on any atom is -0.398 e. The molecule has 0 spiro atoms. The summed E-state index contributed by atoms with van der Waals surface area (Å²) >= 11 is 0. The number of nitrogen functional groups attached to an aromatic ring is 1. The van der Waals surface area contributed by atoms with Crippen LogP contribution in [-0.4, -0.2) is 11.7 Å². The summed E-state index contributed by atoms with van der Waals surface area (Å²) in [5, 5.41) is 8.56. The van der Waals surface area contributed by atoms with Crippen molar-refractivity contribution in [3.05, 3.63) is 35.4 Å². The van der Waals surface area contributed by atoms with E-state index in [0.717, 1.165) is 11.3 Å². The summed E-state index contributed by atoms with van der Waals surface area (Å²) in [6.45, 7) is 2.06. The summed E-state index contributed by atoms with van der Waals surface area (Å²) in [6.07, 6.45) is 3.49. The van der Waals surface area contributed by atoms with Crippen molar-refractivity contribution < 1.29 is 5.11 Å². The third-order valence-electron chi connectivity index (χ3n) is 1.65. The van der Waals surface area contributed by atoms with Gasteiger partial charge in [-0.3, -0.25) is 0 Å². The second-order valence-corrected chi connectivity index (χ2v) is 2.72. The highest BCUT2D eigenvalue weighted by Crippen LogP contribution is 2.14. The van der Waals surface area contributed by atoms with Gasteiger partial charge in [0, 0.05) is 5.69 Å². The van der Waals surface area contributed by atoms with Gasteiger partial charge in [-0.05, 0) is 24.6 Å². The van der Waals surface area contributed by atoms with Gasteiger partial charge in [-0.25, -0.2) is 0 Å². The van der Waals surface area contributed by atoms with Gasteiger partial charge in [0.25, 0.3) is 0 Å². The molecule has 0 aliphatic rings. The lowest BCUT2D eigenvalue weighted by molar-refractivity contribution is 0.343. The Kier molecular flexibility index (Phi) is 2.88. The Morgan fingerprint density at radius 3 is 2.92 bits per heavy atom. The van der Waals surface area contributed by atoms with Gasteiger partial charge in [0.2, 0.25) is 0 Å². The van der Waals surface area contributed by atoms with Crippen LogP contribution in [0.4, 0.5) is 5.69 Å². The van der Waals surface area contributed by atoms with E-state index in [1.807, 2.05) is 31.2 Å². The van der Waals surface area contributed by atoms with Crippen LogP contribution in [0, 0.1) is 6.92 Å². The van der Waals surface area contributed by atoms with Gasteiger partial charge in [-0.1, -0.05) is 23.8 Å². The normalized spacial score (nSPS) is 10.8. The molecule has 2 nitrogen and oxygen atoms in total. The first-order chi connectivity index (χ1) is 5.74. The van der Waals surface area contributed by atoms with Crippen LogP contribution >= 0.6 is 0 Å². The maximum Gasteiger partial charge on any atom is 0.0615 e. The first-order valence-corrected chi connectivity index (χ1v) is 3.87. The molecule has 0 heterocycles. The fraction of sp³-hybridized carbons (Fsp3) is 0.200. The summed E-state index contributed by atoms with van der Waals surface area (Å²) in [4.78, 5) is 0. The molecular weight excluding hydrogens is 150 g/mol. The zero-order valence-corrected chi connectivity index (χ0v) is 7.12. The van der Waals surface area contributed by atoms with E-state index >= 15 is 0 Å². The Labute approximate surface area is 72.3 Å². The van der Waals surface area contributed by atoms with Gasteiger partial charge in [-0.2, -0.15) is 0 Å². The molecule has 64 valence electrons. The monoisotopic (exact) mass is 163 g/mol. The number of nitrogens with two attached hydrogens (primary N) is 1. The number of aliphatic hydroxyl groups excluding tert-OH is 1. The molecule has 2 heteroatoms. The molecule has 0 amide bonds. The summed E-state index contributed by atoms with van der Waals surface area (Å²) in [7, 11) is 0. The van der Waals surface area contributed by atoms with Gasteiger partial charge < -0.3 is 10.8 Å². The van der Waals surface area contributed by atoms with Gasteiger partial charge in [0.05, 0.1) is 6.61 Å². The van der Waals surface area contributed by atoms with E-state index in [0.29, 0.717) is 0 Å². The first kappa shape index (κ1) is 8.81. The lowest BCUT2D eigenvalue weighted by Gasteiger charge is -2.00. The molecular formula is C10H13NO. The molecule has 0 fully saturated rings. The van der Waals surface area contributed by atoms with Crippen LogP contribution < -0.4 is 5.73 Å². The molecule has 1 rings (SSSR count). The third kappa shape index (κ3) is 2.10. The maximum absolute atomic E-state index is 8.56. The summed E-state index contributed by atoms with van der Waals surface area (Å²) in [5.41, 5.74) is 8.57. The van der Waals surface area contributed by atoms with Crippen molar-refractivity contribution in [3.63, 3.8) is 0 Å². The highest BCUT2D eigenvalue weighted by molar-refractivity contribution is 5.65. The summed E-state index contributed by atoms with van der Waals surface area (Å²) in [5.74, 6) is 0. The zero-order valence-electron chi connectivity index (χ0n) is 7.12. The molecule has 0 unspecified atom stereocenters. The van der Waals surface area contributed by atoms with Crippen LogP contribution in [0.2, 0.25) is 0 Å². The summed E-state index contributed by atoms with van der Waals surface area (Å²) in [6, 6.07) is 5.82. The van der Waals surface area contributed by atoms with Crippen LogP contribution in [0.3, 0.4) is 0 Å². The molecule has 3 N–H and O–H groups in total. The molecule has 0 aliphatic heterocycles. The Balaban J connectivity index is 2.97. The van der Waals surface area contributed by atoms with Gasteiger partial charge in [0.15, 0.2) is 0 Å². The van der Waals surface area contributed by atoms with E-state index in [1.54, 1.807) is 6.08 Å². The predicted octanol–water partition coefficient (Wildman–Crippen LogP) is 1.58. The van der Waals surface area contributed by atoms with Crippen molar-refractivity contribution in [1.29, 1.82) is 0 Å². The van der Waals surface area contributed by atoms with E-state index in [4.69, 9.17) is 10.8 Å². The second-order valence-electron chi connectivity index (χ2n) is 2.72. The molecule has 0 saturated heterocycles. The van der Waals surface area contributed by atoms with E-state index in [9.17, 15) is 0 Å². The highest BCUT2D eigenvalue weighted by Gasteiger charge is 1.93. The second kappa shape index (κ2) is 3.93. The number of aryl methyl sites for hydroxylation is 1. The Bertz CT molecular complexity index is 292. The van der Waals surface area contributed by atoms with Crippen molar-refractivity contribution in [2.75, 3.05) is 12.3 Å². The fourth-order valence-corrected chi connectivity index (χ4v) is 1.02. The fourth-order valence-electron chi connectivity index (χ4n) is 1.02. The van der Waals surface area contributed by atoms with Gasteiger partial charge in [0.1, 0.15) is 0 Å². The van der Waals surface area contributed by atoms with E-state index in [1.165, 1.54) is 5.56 Å². The molecule has 0 bridgehead atoms. The number of benzene rings is 1. The van der Waals surface area contributed by atoms with Crippen molar-refractivity contribution in [3.8, 4) is 0 Å². The van der Waals surface area contributed by atoms with Gasteiger partial charge in [-0.15, -0.1) is 0 Å².